The lowest BCUT2D eigenvalue weighted by atomic mass is 9.37. The lowest BCUT2D eigenvalue weighted by molar-refractivity contribution is -0.205. The third-order valence-corrected chi connectivity index (χ3v) is 15.3. The molecule has 51 heavy (non-hydrogen) atoms. The first-order valence-corrected chi connectivity index (χ1v) is 19.6. The van der Waals surface area contributed by atoms with Crippen LogP contribution in [0.15, 0.2) is 35.4 Å². The number of aliphatic hydroxyl groups is 1. The van der Waals surface area contributed by atoms with Crippen molar-refractivity contribution in [1.29, 1.82) is 0 Å². The first-order chi connectivity index (χ1) is 23.8. The maximum Gasteiger partial charge on any atom is 0.309 e. The molecule has 7 nitrogen and oxygen atoms in total. The summed E-state index contributed by atoms with van der Waals surface area (Å²) >= 11 is 0. The van der Waals surface area contributed by atoms with Crippen molar-refractivity contribution < 1.29 is 33.7 Å². The van der Waals surface area contributed by atoms with Crippen molar-refractivity contribution in [3.05, 3.63) is 46.8 Å². The number of hydrogen-bond donors (Lipinski definition) is 3. The number of ketones is 1. The van der Waals surface area contributed by atoms with Crippen LogP contribution in [0.2, 0.25) is 0 Å². The molecule has 0 amide bonds. The largest absolute Gasteiger partial charge is 0.481 e. The molecule has 4 fully saturated rings. The fraction of sp³-hybridized carbons (Fsp3) is 0.744. The number of ether oxygens (including phenoxy) is 1. The maximum atomic E-state index is 13.9. The van der Waals surface area contributed by atoms with Crippen molar-refractivity contribution in [2.45, 2.75) is 138 Å². The molecule has 0 heterocycles. The number of rotatable bonds is 10. The van der Waals surface area contributed by atoms with E-state index in [1.54, 1.807) is 26.0 Å². The molecule has 3 N–H and O–H groups in total. The normalized spacial score (nSPS) is 36.5. The van der Waals surface area contributed by atoms with E-state index >= 15 is 0 Å². The van der Waals surface area contributed by atoms with Gasteiger partial charge in [-0.3, -0.25) is 14.4 Å². The second-order valence-corrected chi connectivity index (χ2v) is 19.2. The van der Waals surface area contributed by atoms with Gasteiger partial charge >= 0.3 is 11.9 Å². The number of carboxylic acids is 1. The summed E-state index contributed by atoms with van der Waals surface area (Å²) < 4.78 is 19.6. The number of carbonyl (C=O) groups is 3. The van der Waals surface area contributed by atoms with Crippen LogP contribution in [0, 0.1) is 62.5 Å². The molecule has 2 unspecified atom stereocenters. The highest BCUT2D eigenvalue weighted by molar-refractivity contribution is 6.00. The van der Waals surface area contributed by atoms with E-state index in [9.17, 15) is 29.0 Å². The van der Waals surface area contributed by atoms with Gasteiger partial charge < -0.3 is 20.3 Å². The van der Waals surface area contributed by atoms with Crippen LogP contribution in [-0.4, -0.2) is 46.7 Å². The Kier molecular flexibility index (Phi) is 10.0. The standard InChI is InChI=1S/C43H62FNO6/c1-25(2)36-31(46)21-43(33(47)24-45-23-26-9-11-27(44)12-10-26)20-19-41(7)28-15-16-32-40(5,6)34(51-35(48)22-39(3,4)38(49)50)17-18-42(32,8)29(28)13-14-30(41)37(36)43/h9-12,25,28-30,32-34,45,47H,13-24H2,1-8H3,(H,49,50)/t28-,29?,30-,32?,33-,34+,41+,42-,43+/m1/s1. The molecule has 0 radical (unpaired) electrons. The van der Waals surface area contributed by atoms with Gasteiger partial charge in [0.2, 0.25) is 0 Å². The van der Waals surface area contributed by atoms with Crippen LogP contribution in [0.3, 0.4) is 0 Å². The Labute approximate surface area is 304 Å². The molecule has 4 saturated carbocycles. The zero-order valence-corrected chi connectivity index (χ0v) is 32.2. The first-order valence-electron chi connectivity index (χ1n) is 19.6. The van der Waals surface area contributed by atoms with Gasteiger partial charge in [0.15, 0.2) is 5.78 Å². The smallest absolute Gasteiger partial charge is 0.309 e. The third kappa shape index (κ3) is 6.32. The van der Waals surface area contributed by atoms with Crippen LogP contribution in [0.5, 0.6) is 0 Å². The van der Waals surface area contributed by atoms with E-state index < -0.39 is 28.9 Å². The summed E-state index contributed by atoms with van der Waals surface area (Å²) in [6.45, 7) is 17.8. The second kappa shape index (κ2) is 13.4. The molecule has 0 aliphatic heterocycles. The van der Waals surface area contributed by atoms with Crippen molar-refractivity contribution in [3.63, 3.8) is 0 Å². The number of carbonyl (C=O) groups excluding carboxylic acids is 2. The van der Waals surface area contributed by atoms with E-state index in [1.807, 2.05) is 0 Å². The van der Waals surface area contributed by atoms with Crippen molar-refractivity contribution in [2.24, 2.45) is 56.7 Å². The average Bonchev–Trinajstić information content (AvgIpc) is 3.36. The highest BCUT2D eigenvalue weighted by Gasteiger charge is 2.67. The molecule has 282 valence electrons. The van der Waals surface area contributed by atoms with Gasteiger partial charge in [0.25, 0.3) is 0 Å². The van der Waals surface area contributed by atoms with E-state index in [0.29, 0.717) is 37.3 Å². The minimum atomic E-state index is -1.17. The van der Waals surface area contributed by atoms with Crippen LogP contribution in [0.1, 0.15) is 125 Å². The lowest BCUT2D eigenvalue weighted by Crippen LogP contribution is -2.62. The molecular weight excluding hydrogens is 645 g/mol. The Hall–Kier alpha value is -2.58. The molecule has 0 bridgehead atoms. The van der Waals surface area contributed by atoms with Crippen LogP contribution >= 0.6 is 0 Å². The van der Waals surface area contributed by atoms with Crippen LogP contribution in [0.4, 0.5) is 4.39 Å². The predicted octanol–water partition coefficient (Wildman–Crippen LogP) is 8.28. The Bertz CT molecular complexity index is 1560. The molecule has 1 aromatic rings. The first kappa shape index (κ1) is 38.2. The van der Waals surface area contributed by atoms with Gasteiger partial charge in [0, 0.05) is 30.3 Å². The highest BCUT2D eigenvalue weighted by Crippen LogP contribution is 2.73. The van der Waals surface area contributed by atoms with Crippen molar-refractivity contribution in [3.8, 4) is 0 Å². The van der Waals surface area contributed by atoms with E-state index in [1.165, 1.54) is 17.7 Å². The van der Waals surface area contributed by atoms with Gasteiger partial charge in [0.05, 0.1) is 17.9 Å². The van der Waals surface area contributed by atoms with E-state index in [-0.39, 0.29) is 52.2 Å². The number of benzene rings is 1. The molecule has 1 aromatic carbocycles. The molecule has 8 heteroatoms. The number of carboxylic acid groups (broad SMARTS) is 1. The number of aliphatic carboxylic acids is 1. The molecule has 0 spiro atoms. The summed E-state index contributed by atoms with van der Waals surface area (Å²) in [7, 11) is 0. The van der Waals surface area contributed by atoms with Crippen molar-refractivity contribution >= 4 is 17.7 Å². The van der Waals surface area contributed by atoms with Crippen molar-refractivity contribution in [1.82, 2.24) is 5.32 Å². The summed E-state index contributed by atoms with van der Waals surface area (Å²) in [4.78, 5) is 38.6. The minimum absolute atomic E-state index is 0.0254. The molecule has 0 saturated heterocycles. The Morgan fingerprint density at radius 1 is 0.961 bits per heavy atom. The van der Waals surface area contributed by atoms with Gasteiger partial charge in [-0.2, -0.15) is 0 Å². The maximum absolute atomic E-state index is 13.9. The van der Waals surface area contributed by atoms with E-state index in [0.717, 1.165) is 62.5 Å². The number of Topliss-reactive ketones (excluding diaryl/α,β-unsaturated/α-hetero) is 1. The zero-order chi connectivity index (χ0) is 37.3. The van der Waals surface area contributed by atoms with Crippen LogP contribution in [-0.2, 0) is 25.7 Å². The monoisotopic (exact) mass is 707 g/mol. The van der Waals surface area contributed by atoms with Gasteiger partial charge in [-0.1, -0.05) is 59.2 Å². The Morgan fingerprint density at radius 2 is 1.61 bits per heavy atom. The fourth-order valence-electron chi connectivity index (χ4n) is 12.5. The summed E-state index contributed by atoms with van der Waals surface area (Å²) in [5.41, 5.74) is 1.34. The van der Waals surface area contributed by atoms with Crippen LogP contribution in [0.25, 0.3) is 0 Å². The summed E-state index contributed by atoms with van der Waals surface area (Å²) in [6, 6.07) is 6.43. The zero-order valence-electron chi connectivity index (χ0n) is 32.2. The number of esters is 1. The topological polar surface area (TPSA) is 113 Å². The highest BCUT2D eigenvalue weighted by atomic mass is 19.1. The number of nitrogens with one attached hydrogen (secondary N) is 1. The van der Waals surface area contributed by atoms with E-state index in [4.69, 9.17) is 4.74 Å². The van der Waals surface area contributed by atoms with Crippen molar-refractivity contribution in [2.75, 3.05) is 6.54 Å². The Morgan fingerprint density at radius 3 is 2.25 bits per heavy atom. The number of aliphatic hydroxyl groups excluding tert-OH is 1. The average molecular weight is 708 g/mol. The molecule has 6 rings (SSSR count). The van der Waals surface area contributed by atoms with Crippen LogP contribution < -0.4 is 5.32 Å². The number of fused-ring (bicyclic) bond motifs is 7. The molecular formula is C43H62FNO6. The minimum Gasteiger partial charge on any atom is -0.481 e. The predicted molar refractivity (Wildman–Crippen MR) is 195 cm³/mol. The van der Waals surface area contributed by atoms with Gasteiger partial charge in [0.1, 0.15) is 11.9 Å². The molecule has 5 aliphatic rings. The summed E-state index contributed by atoms with van der Waals surface area (Å²) in [5.74, 6) is 0.279. The third-order valence-electron chi connectivity index (χ3n) is 15.3. The lowest BCUT2D eigenvalue weighted by Gasteiger charge is -2.68. The Balaban J connectivity index is 1.23. The molecule has 5 aliphatic carbocycles. The number of halogens is 1. The van der Waals surface area contributed by atoms with Gasteiger partial charge in [-0.05, 0) is 129 Å². The summed E-state index contributed by atoms with van der Waals surface area (Å²) in [6.07, 6.45) is 7.10. The second-order valence-electron chi connectivity index (χ2n) is 19.2. The molecule has 0 aromatic heterocycles. The SMILES string of the molecule is CC(C)C1=C2[C@H]3CCC4[C@@H](CCC5C(C)(C)[C@@H](OC(=O)CC(C)(C)C(=O)O)CC[C@]45C)[C@]3(C)CC[C@@]2([C@H](O)CNCc2ccc(F)cc2)CC1=O. The van der Waals surface area contributed by atoms with Gasteiger partial charge in [-0.15, -0.1) is 0 Å². The molecule has 9 atom stereocenters. The quantitative estimate of drug-likeness (QED) is 0.210. The van der Waals surface area contributed by atoms with Gasteiger partial charge in [-0.25, -0.2) is 4.39 Å². The number of allylic oxidation sites excluding steroid dienone is 1. The number of hydrogen-bond acceptors (Lipinski definition) is 6. The summed E-state index contributed by atoms with van der Waals surface area (Å²) in [5, 5.41) is 25.0. The fourth-order valence-corrected chi connectivity index (χ4v) is 12.5. The van der Waals surface area contributed by atoms with E-state index in [2.05, 4.69) is 46.9 Å².